The molecule has 0 spiro atoms. The van der Waals surface area contributed by atoms with Gasteiger partial charge in [-0.3, -0.25) is 9.59 Å². The van der Waals surface area contributed by atoms with Crippen LogP contribution < -0.4 is 4.90 Å². The van der Waals surface area contributed by atoms with Gasteiger partial charge in [0.2, 0.25) is 11.8 Å². The van der Waals surface area contributed by atoms with Gasteiger partial charge in [-0.1, -0.05) is 36.8 Å². The molecule has 2 aromatic rings. The standard InChI is InChI=1S/C30H39N3O4S/c1-38(36,37)28-14-10-23(11-15-28)22-29(34)33(26-12-13-26)27-16-18-31(19-17-27)20-21-32(25-8-3-2-4-9-25)30(35)24-6-5-7-24/h2-4,8-11,14-15,24,26-27H,5-7,12-13,16-22H2,1H3. The Morgan fingerprint density at radius 2 is 1.50 bits per heavy atom. The molecule has 5 rings (SSSR count). The van der Waals surface area contributed by atoms with Gasteiger partial charge in [0.25, 0.3) is 0 Å². The summed E-state index contributed by atoms with van der Waals surface area (Å²) in [6.45, 7) is 3.37. The van der Waals surface area contributed by atoms with Crippen LogP contribution in [0.2, 0.25) is 0 Å². The van der Waals surface area contributed by atoms with Gasteiger partial charge in [0.05, 0.1) is 11.3 Å². The smallest absolute Gasteiger partial charge is 0.230 e. The van der Waals surface area contributed by atoms with Crippen molar-refractivity contribution in [3.05, 3.63) is 60.2 Å². The number of carbonyl (C=O) groups is 2. The van der Waals surface area contributed by atoms with Crippen LogP contribution in [0.4, 0.5) is 5.69 Å². The fourth-order valence-electron chi connectivity index (χ4n) is 5.69. The van der Waals surface area contributed by atoms with Crippen molar-refractivity contribution in [3.63, 3.8) is 0 Å². The van der Waals surface area contributed by atoms with Crippen LogP contribution in [0.3, 0.4) is 0 Å². The lowest BCUT2D eigenvalue weighted by atomic mass is 9.84. The van der Waals surface area contributed by atoms with Crippen molar-refractivity contribution in [3.8, 4) is 0 Å². The van der Waals surface area contributed by atoms with E-state index in [0.29, 0.717) is 19.0 Å². The van der Waals surface area contributed by atoms with Crippen LogP contribution in [-0.4, -0.2) is 74.6 Å². The maximum Gasteiger partial charge on any atom is 0.230 e. The van der Waals surface area contributed by atoms with Crippen LogP contribution in [0.5, 0.6) is 0 Å². The Morgan fingerprint density at radius 3 is 2.05 bits per heavy atom. The number of amides is 2. The van der Waals surface area contributed by atoms with Gasteiger partial charge in [0.1, 0.15) is 0 Å². The summed E-state index contributed by atoms with van der Waals surface area (Å²) in [5, 5.41) is 0. The van der Waals surface area contributed by atoms with Crippen molar-refractivity contribution >= 4 is 27.3 Å². The molecule has 0 N–H and O–H groups in total. The van der Waals surface area contributed by atoms with Gasteiger partial charge in [0.15, 0.2) is 9.84 Å². The van der Waals surface area contributed by atoms with E-state index in [1.54, 1.807) is 24.3 Å². The number of sulfone groups is 1. The van der Waals surface area contributed by atoms with Crippen molar-refractivity contribution in [2.75, 3.05) is 37.3 Å². The molecule has 3 aliphatic rings. The highest BCUT2D eigenvalue weighted by Crippen LogP contribution is 2.33. The number of carbonyl (C=O) groups excluding carboxylic acids is 2. The van der Waals surface area contributed by atoms with Gasteiger partial charge < -0.3 is 14.7 Å². The van der Waals surface area contributed by atoms with E-state index in [0.717, 1.165) is 75.8 Å². The zero-order valence-corrected chi connectivity index (χ0v) is 23.1. The molecule has 204 valence electrons. The Kier molecular flexibility index (Phi) is 8.19. The quantitative estimate of drug-likeness (QED) is 0.459. The third-order valence-corrected chi connectivity index (χ3v) is 9.44. The fourth-order valence-corrected chi connectivity index (χ4v) is 6.32. The second kappa shape index (κ2) is 11.6. The van der Waals surface area contributed by atoms with E-state index < -0.39 is 9.84 Å². The summed E-state index contributed by atoms with van der Waals surface area (Å²) in [7, 11) is -3.25. The van der Waals surface area contributed by atoms with Gasteiger partial charge in [-0.25, -0.2) is 8.42 Å². The van der Waals surface area contributed by atoms with E-state index >= 15 is 0 Å². The highest BCUT2D eigenvalue weighted by molar-refractivity contribution is 7.90. The van der Waals surface area contributed by atoms with Crippen molar-refractivity contribution in [2.24, 2.45) is 5.92 Å². The summed E-state index contributed by atoms with van der Waals surface area (Å²) < 4.78 is 23.5. The second-order valence-electron chi connectivity index (χ2n) is 11.2. The highest BCUT2D eigenvalue weighted by Gasteiger charge is 2.38. The number of nitrogens with zero attached hydrogens (tertiary/aromatic N) is 3. The lowest BCUT2D eigenvalue weighted by molar-refractivity contribution is -0.134. The third-order valence-electron chi connectivity index (χ3n) is 8.31. The Hall–Kier alpha value is -2.71. The number of benzene rings is 2. The van der Waals surface area contributed by atoms with Crippen molar-refractivity contribution in [1.29, 1.82) is 0 Å². The molecular weight excluding hydrogens is 498 g/mol. The number of likely N-dealkylation sites (tertiary alicyclic amines) is 1. The number of piperidine rings is 1. The lowest BCUT2D eigenvalue weighted by Crippen LogP contribution is -2.50. The molecule has 1 aliphatic heterocycles. The minimum atomic E-state index is -3.25. The third kappa shape index (κ3) is 6.46. The summed E-state index contributed by atoms with van der Waals surface area (Å²) in [6, 6.07) is 17.3. The molecule has 2 aliphatic carbocycles. The fraction of sp³-hybridized carbons (Fsp3) is 0.533. The molecule has 2 saturated carbocycles. The molecule has 3 fully saturated rings. The topological polar surface area (TPSA) is 78.0 Å². The number of rotatable bonds is 10. The summed E-state index contributed by atoms with van der Waals surface area (Å²) in [5.74, 6) is 0.563. The van der Waals surface area contributed by atoms with E-state index in [4.69, 9.17) is 0 Å². The molecular formula is C30H39N3O4S. The van der Waals surface area contributed by atoms with Gasteiger partial charge in [-0.2, -0.15) is 0 Å². The molecule has 0 unspecified atom stereocenters. The molecule has 7 nitrogen and oxygen atoms in total. The van der Waals surface area contributed by atoms with Crippen molar-refractivity contribution in [2.45, 2.75) is 68.3 Å². The molecule has 0 radical (unpaired) electrons. The number of hydrogen-bond acceptors (Lipinski definition) is 5. The van der Waals surface area contributed by atoms with Crippen LogP contribution in [0.15, 0.2) is 59.5 Å². The molecule has 0 bridgehead atoms. The Labute approximate surface area is 226 Å². The van der Waals surface area contributed by atoms with Gasteiger partial charge in [0, 0.05) is 56.1 Å². The van der Waals surface area contributed by atoms with Crippen LogP contribution in [0, 0.1) is 5.92 Å². The van der Waals surface area contributed by atoms with E-state index in [9.17, 15) is 18.0 Å². The Morgan fingerprint density at radius 1 is 0.868 bits per heavy atom. The van der Waals surface area contributed by atoms with Crippen LogP contribution in [-0.2, 0) is 25.8 Å². The molecule has 2 aromatic carbocycles. The van der Waals surface area contributed by atoms with Crippen LogP contribution in [0.25, 0.3) is 0 Å². The SMILES string of the molecule is CS(=O)(=O)c1ccc(CC(=O)N(C2CC2)C2CCN(CCN(C(=O)C3CCC3)c3ccccc3)CC2)cc1. The first kappa shape index (κ1) is 26.9. The van der Waals surface area contributed by atoms with E-state index in [1.165, 1.54) is 6.26 Å². The summed E-state index contributed by atoms with van der Waals surface area (Å²) in [5.41, 5.74) is 1.83. The lowest BCUT2D eigenvalue weighted by Gasteiger charge is -2.40. The van der Waals surface area contributed by atoms with Crippen LogP contribution >= 0.6 is 0 Å². The molecule has 1 heterocycles. The molecule has 2 amide bonds. The second-order valence-corrected chi connectivity index (χ2v) is 13.2. The highest BCUT2D eigenvalue weighted by atomic mass is 32.2. The van der Waals surface area contributed by atoms with E-state index in [2.05, 4.69) is 9.80 Å². The van der Waals surface area contributed by atoms with Gasteiger partial charge >= 0.3 is 0 Å². The Bertz CT molecular complexity index is 1220. The Balaban J connectivity index is 1.15. The normalized spacial score (nSPS) is 19.1. The number of hydrogen-bond donors (Lipinski definition) is 0. The predicted molar refractivity (Wildman–Crippen MR) is 149 cm³/mol. The number of para-hydroxylation sites is 1. The first-order chi connectivity index (χ1) is 18.3. The van der Waals surface area contributed by atoms with E-state index in [-0.39, 0.29) is 28.7 Å². The molecule has 38 heavy (non-hydrogen) atoms. The molecule has 0 atom stereocenters. The maximum absolute atomic E-state index is 13.4. The van der Waals surface area contributed by atoms with Crippen LogP contribution in [0.1, 0.15) is 50.5 Å². The van der Waals surface area contributed by atoms with E-state index in [1.807, 2.05) is 35.2 Å². The van der Waals surface area contributed by atoms with Gasteiger partial charge in [-0.15, -0.1) is 0 Å². The molecule has 8 heteroatoms. The zero-order valence-electron chi connectivity index (χ0n) is 22.3. The molecule has 1 saturated heterocycles. The number of anilines is 1. The van der Waals surface area contributed by atoms with Crippen molar-refractivity contribution < 1.29 is 18.0 Å². The summed E-state index contributed by atoms with van der Waals surface area (Å²) in [4.78, 5) is 33.3. The van der Waals surface area contributed by atoms with Gasteiger partial charge in [-0.05, 0) is 68.4 Å². The maximum atomic E-state index is 13.4. The zero-order chi connectivity index (χ0) is 26.7. The average Bonchev–Trinajstić information content (AvgIpc) is 3.70. The largest absolute Gasteiger partial charge is 0.336 e. The summed E-state index contributed by atoms with van der Waals surface area (Å²) in [6.07, 6.45) is 8.66. The first-order valence-corrected chi connectivity index (χ1v) is 15.9. The van der Waals surface area contributed by atoms with Crippen molar-refractivity contribution in [1.82, 2.24) is 9.80 Å². The molecule has 0 aromatic heterocycles. The monoisotopic (exact) mass is 537 g/mol. The first-order valence-electron chi connectivity index (χ1n) is 14.0. The summed E-state index contributed by atoms with van der Waals surface area (Å²) >= 11 is 0. The predicted octanol–water partition coefficient (Wildman–Crippen LogP) is 3.92. The average molecular weight is 538 g/mol. The minimum absolute atomic E-state index is 0.138. The minimum Gasteiger partial charge on any atom is -0.336 e.